The number of nitrogens with one attached hydrogen (secondary N) is 1. The molecule has 0 heterocycles. The van der Waals surface area contributed by atoms with Crippen LogP contribution in [0.15, 0.2) is 52.5 Å². The number of ether oxygens (including phenoxy) is 2. The summed E-state index contributed by atoms with van der Waals surface area (Å²) < 4.78 is 10.9. The Hall–Kier alpha value is -2.47. The van der Waals surface area contributed by atoms with Crippen LogP contribution >= 0.6 is 11.8 Å². The fraction of sp³-hybridized carbons (Fsp3) is 0.300. The van der Waals surface area contributed by atoms with Gasteiger partial charge in [0.1, 0.15) is 0 Å². The van der Waals surface area contributed by atoms with Crippen LogP contribution < -0.4 is 14.9 Å². The lowest BCUT2D eigenvalue weighted by Crippen LogP contribution is -2.19. The van der Waals surface area contributed by atoms with Gasteiger partial charge in [-0.2, -0.15) is 5.10 Å². The second-order valence-corrected chi connectivity index (χ2v) is 6.70. The van der Waals surface area contributed by atoms with E-state index >= 15 is 0 Å². The highest BCUT2D eigenvalue weighted by atomic mass is 32.2. The van der Waals surface area contributed by atoms with Gasteiger partial charge in [0.05, 0.1) is 25.7 Å². The van der Waals surface area contributed by atoms with E-state index in [4.69, 9.17) is 9.47 Å². The van der Waals surface area contributed by atoms with Crippen molar-refractivity contribution in [2.24, 2.45) is 5.10 Å². The van der Waals surface area contributed by atoms with Gasteiger partial charge in [0.2, 0.25) is 5.91 Å². The van der Waals surface area contributed by atoms with Gasteiger partial charge in [-0.15, -0.1) is 11.8 Å². The molecular formula is C20H24N2O3S. The number of rotatable bonds is 9. The molecule has 0 spiro atoms. The topological polar surface area (TPSA) is 59.9 Å². The van der Waals surface area contributed by atoms with Crippen molar-refractivity contribution in [2.45, 2.75) is 25.2 Å². The zero-order chi connectivity index (χ0) is 18.8. The van der Waals surface area contributed by atoms with Gasteiger partial charge in [-0.05, 0) is 49.2 Å². The summed E-state index contributed by atoms with van der Waals surface area (Å²) in [5, 5.41) is 4.00. The number of hydrogen-bond donors (Lipinski definition) is 1. The Kier molecular flexibility index (Phi) is 8.02. The van der Waals surface area contributed by atoms with E-state index in [1.54, 1.807) is 13.3 Å². The number of amides is 1. The van der Waals surface area contributed by atoms with Crippen molar-refractivity contribution in [3.05, 3.63) is 53.6 Å². The van der Waals surface area contributed by atoms with E-state index in [1.165, 1.54) is 17.3 Å². The summed E-state index contributed by atoms with van der Waals surface area (Å²) in [4.78, 5) is 12.9. The summed E-state index contributed by atoms with van der Waals surface area (Å²) in [6.45, 7) is 4.72. The van der Waals surface area contributed by atoms with E-state index in [9.17, 15) is 4.79 Å². The van der Waals surface area contributed by atoms with E-state index in [0.29, 0.717) is 23.9 Å². The summed E-state index contributed by atoms with van der Waals surface area (Å²) in [5.74, 6) is 1.50. The predicted molar refractivity (Wildman–Crippen MR) is 106 cm³/mol. The molecule has 138 valence electrons. The lowest BCUT2D eigenvalue weighted by atomic mass is 10.2. The Labute approximate surface area is 158 Å². The van der Waals surface area contributed by atoms with Crippen LogP contribution in [0.2, 0.25) is 0 Å². The highest BCUT2D eigenvalue weighted by Gasteiger charge is 2.05. The normalized spacial score (nSPS) is 10.7. The van der Waals surface area contributed by atoms with Gasteiger partial charge in [0.25, 0.3) is 0 Å². The number of hydrazone groups is 1. The molecule has 0 atom stereocenters. The zero-order valence-electron chi connectivity index (χ0n) is 15.3. The molecule has 2 aromatic rings. The number of carbonyl (C=O) groups is 1. The maximum absolute atomic E-state index is 11.9. The molecular weight excluding hydrogens is 348 g/mol. The van der Waals surface area contributed by atoms with Crippen LogP contribution in [0.4, 0.5) is 0 Å². The number of nitrogens with zero attached hydrogens (tertiary/aromatic N) is 1. The van der Waals surface area contributed by atoms with E-state index < -0.39 is 0 Å². The van der Waals surface area contributed by atoms with Gasteiger partial charge in [-0.1, -0.05) is 24.6 Å². The maximum atomic E-state index is 11.9. The summed E-state index contributed by atoms with van der Waals surface area (Å²) in [6.07, 6.45) is 2.51. The largest absolute Gasteiger partial charge is 0.493 e. The Morgan fingerprint density at radius 3 is 2.65 bits per heavy atom. The summed E-state index contributed by atoms with van der Waals surface area (Å²) in [6, 6.07) is 13.6. The van der Waals surface area contributed by atoms with Gasteiger partial charge in [-0.25, -0.2) is 5.43 Å². The van der Waals surface area contributed by atoms with Crippen LogP contribution in [0, 0.1) is 6.92 Å². The molecule has 0 aliphatic rings. The Morgan fingerprint density at radius 1 is 1.19 bits per heavy atom. The monoisotopic (exact) mass is 372 g/mol. The molecule has 0 aliphatic heterocycles. The first-order chi connectivity index (χ1) is 12.6. The van der Waals surface area contributed by atoms with Crippen molar-refractivity contribution in [2.75, 3.05) is 19.5 Å². The van der Waals surface area contributed by atoms with E-state index in [1.807, 2.05) is 56.3 Å². The minimum atomic E-state index is -0.151. The third kappa shape index (κ3) is 6.44. The maximum Gasteiger partial charge on any atom is 0.250 e. The van der Waals surface area contributed by atoms with Gasteiger partial charge in [0, 0.05) is 4.90 Å². The molecule has 1 N–H and O–H groups in total. The molecule has 0 bridgehead atoms. The SMILES string of the molecule is CCCOc1ccc(/C=N\NC(=O)CSc2ccc(C)cc2)cc1OC. The molecule has 0 radical (unpaired) electrons. The molecule has 1 amide bonds. The van der Waals surface area contributed by atoms with Crippen LogP contribution in [0.1, 0.15) is 24.5 Å². The quantitative estimate of drug-likeness (QED) is 0.410. The predicted octanol–water partition coefficient (Wildman–Crippen LogP) is 4.03. The van der Waals surface area contributed by atoms with Crippen molar-refractivity contribution in [3.63, 3.8) is 0 Å². The number of hydrogen-bond acceptors (Lipinski definition) is 5. The van der Waals surface area contributed by atoms with Crippen molar-refractivity contribution in [3.8, 4) is 11.5 Å². The smallest absolute Gasteiger partial charge is 0.250 e. The van der Waals surface area contributed by atoms with Crippen molar-refractivity contribution >= 4 is 23.9 Å². The Bertz CT molecular complexity index is 745. The summed E-state index contributed by atoms with van der Waals surface area (Å²) in [5.41, 5.74) is 4.55. The Morgan fingerprint density at radius 2 is 1.96 bits per heavy atom. The van der Waals surface area contributed by atoms with Crippen molar-refractivity contribution in [1.82, 2.24) is 5.43 Å². The first-order valence-corrected chi connectivity index (χ1v) is 9.43. The van der Waals surface area contributed by atoms with Crippen molar-refractivity contribution < 1.29 is 14.3 Å². The molecule has 5 nitrogen and oxygen atoms in total. The number of thioether (sulfide) groups is 1. The molecule has 6 heteroatoms. The second-order valence-electron chi connectivity index (χ2n) is 5.65. The average molecular weight is 372 g/mol. The van der Waals surface area contributed by atoms with Gasteiger partial charge in [0.15, 0.2) is 11.5 Å². The lowest BCUT2D eigenvalue weighted by Gasteiger charge is -2.10. The average Bonchev–Trinajstić information content (AvgIpc) is 2.66. The zero-order valence-corrected chi connectivity index (χ0v) is 16.1. The third-order valence-corrected chi connectivity index (χ3v) is 4.46. The third-order valence-electron chi connectivity index (χ3n) is 3.44. The van der Waals surface area contributed by atoms with Crippen LogP contribution in [0.5, 0.6) is 11.5 Å². The number of aryl methyl sites for hydroxylation is 1. The molecule has 0 aromatic heterocycles. The van der Waals surface area contributed by atoms with Gasteiger partial charge in [-0.3, -0.25) is 4.79 Å². The summed E-state index contributed by atoms with van der Waals surface area (Å²) in [7, 11) is 1.60. The minimum absolute atomic E-state index is 0.151. The van der Waals surface area contributed by atoms with Crippen LogP contribution in [-0.2, 0) is 4.79 Å². The fourth-order valence-corrected chi connectivity index (χ4v) is 2.78. The number of benzene rings is 2. The molecule has 0 unspecified atom stereocenters. The van der Waals surface area contributed by atoms with Crippen LogP contribution in [0.3, 0.4) is 0 Å². The van der Waals surface area contributed by atoms with Gasteiger partial charge >= 0.3 is 0 Å². The number of carbonyl (C=O) groups excluding carboxylic acids is 1. The molecule has 2 rings (SSSR count). The summed E-state index contributed by atoms with van der Waals surface area (Å²) >= 11 is 1.48. The molecule has 2 aromatic carbocycles. The molecule has 0 saturated carbocycles. The molecule has 0 saturated heterocycles. The number of methoxy groups -OCH3 is 1. The first kappa shape index (κ1) is 19.8. The highest BCUT2D eigenvalue weighted by molar-refractivity contribution is 8.00. The van der Waals surface area contributed by atoms with E-state index in [2.05, 4.69) is 10.5 Å². The first-order valence-electron chi connectivity index (χ1n) is 8.44. The Balaban J connectivity index is 1.84. The minimum Gasteiger partial charge on any atom is -0.493 e. The van der Waals surface area contributed by atoms with Crippen molar-refractivity contribution in [1.29, 1.82) is 0 Å². The van der Waals surface area contributed by atoms with E-state index in [0.717, 1.165) is 16.9 Å². The lowest BCUT2D eigenvalue weighted by molar-refractivity contribution is -0.118. The molecule has 0 aliphatic carbocycles. The van der Waals surface area contributed by atoms with Crippen LogP contribution in [-0.4, -0.2) is 31.6 Å². The molecule has 26 heavy (non-hydrogen) atoms. The van der Waals surface area contributed by atoms with Crippen LogP contribution in [0.25, 0.3) is 0 Å². The second kappa shape index (κ2) is 10.5. The fourth-order valence-electron chi connectivity index (χ4n) is 2.09. The van der Waals surface area contributed by atoms with E-state index in [-0.39, 0.29) is 5.91 Å². The molecule has 0 fully saturated rings. The standard InChI is InChI=1S/C20H24N2O3S/c1-4-11-25-18-10-7-16(12-19(18)24-3)13-21-22-20(23)14-26-17-8-5-15(2)6-9-17/h5-10,12-13H,4,11,14H2,1-3H3,(H,22,23)/b21-13-. The van der Waals surface area contributed by atoms with Gasteiger partial charge < -0.3 is 9.47 Å². The highest BCUT2D eigenvalue weighted by Crippen LogP contribution is 2.27.